The van der Waals surface area contributed by atoms with E-state index in [4.69, 9.17) is 17.3 Å². The highest BCUT2D eigenvalue weighted by Gasteiger charge is 2.34. The highest BCUT2D eigenvalue weighted by molar-refractivity contribution is 7.89. The summed E-state index contributed by atoms with van der Waals surface area (Å²) in [4.78, 5) is 17.7. The SMILES string of the molecule is Cn1nccc1N1CCCC(NS(=O)(=O)c2cc(Cl)cnc2N)C1=O. The van der Waals surface area contributed by atoms with Crippen LogP contribution in [0.1, 0.15) is 12.8 Å². The van der Waals surface area contributed by atoms with E-state index in [-0.39, 0.29) is 21.6 Å². The molecule has 1 saturated heterocycles. The first-order chi connectivity index (χ1) is 11.8. The lowest BCUT2D eigenvalue weighted by Crippen LogP contribution is -2.52. The Morgan fingerprint density at radius 1 is 1.44 bits per heavy atom. The molecule has 25 heavy (non-hydrogen) atoms. The molecule has 1 aliphatic heterocycles. The number of piperidine rings is 1. The van der Waals surface area contributed by atoms with Gasteiger partial charge in [0.25, 0.3) is 0 Å². The molecule has 0 bridgehead atoms. The number of sulfonamides is 1. The average molecular weight is 385 g/mol. The van der Waals surface area contributed by atoms with Crippen molar-refractivity contribution < 1.29 is 13.2 Å². The van der Waals surface area contributed by atoms with Crippen molar-refractivity contribution in [3.05, 3.63) is 29.5 Å². The second-order valence-corrected chi connectivity index (χ2v) is 7.77. The molecular formula is C14H17ClN6O3S. The van der Waals surface area contributed by atoms with Gasteiger partial charge in [0, 0.05) is 25.9 Å². The molecule has 3 rings (SSSR count). The minimum atomic E-state index is -4.04. The van der Waals surface area contributed by atoms with Gasteiger partial charge in [-0.05, 0) is 18.9 Å². The van der Waals surface area contributed by atoms with Gasteiger partial charge in [-0.1, -0.05) is 11.6 Å². The number of nitrogens with zero attached hydrogens (tertiary/aromatic N) is 4. The first-order valence-corrected chi connectivity index (χ1v) is 9.38. The highest BCUT2D eigenvalue weighted by atomic mass is 35.5. The van der Waals surface area contributed by atoms with E-state index in [0.717, 1.165) is 0 Å². The summed E-state index contributed by atoms with van der Waals surface area (Å²) in [5.41, 5.74) is 5.64. The minimum absolute atomic E-state index is 0.140. The molecule has 2 aromatic rings. The molecule has 1 aliphatic rings. The molecule has 0 spiro atoms. The number of nitrogens with two attached hydrogens (primary N) is 1. The van der Waals surface area contributed by atoms with Crippen molar-refractivity contribution in [2.45, 2.75) is 23.8 Å². The van der Waals surface area contributed by atoms with Gasteiger partial charge in [0.1, 0.15) is 22.6 Å². The topological polar surface area (TPSA) is 123 Å². The quantitative estimate of drug-likeness (QED) is 0.792. The number of hydrogen-bond donors (Lipinski definition) is 2. The van der Waals surface area contributed by atoms with Crippen LogP contribution in [0.15, 0.2) is 29.4 Å². The second kappa shape index (κ2) is 6.62. The third-order valence-electron chi connectivity index (χ3n) is 3.95. The first-order valence-electron chi connectivity index (χ1n) is 7.52. The van der Waals surface area contributed by atoms with Crippen LogP contribution in [-0.2, 0) is 21.9 Å². The molecule has 1 unspecified atom stereocenters. The zero-order valence-electron chi connectivity index (χ0n) is 13.4. The predicted octanol–water partition coefficient (Wildman–Crippen LogP) is 0.525. The lowest BCUT2D eigenvalue weighted by atomic mass is 10.1. The maximum Gasteiger partial charge on any atom is 0.246 e. The molecule has 1 atom stereocenters. The first kappa shape index (κ1) is 17.6. The smallest absolute Gasteiger partial charge is 0.246 e. The third-order valence-corrected chi connectivity index (χ3v) is 5.65. The lowest BCUT2D eigenvalue weighted by Gasteiger charge is -2.32. The Balaban J connectivity index is 1.85. The highest BCUT2D eigenvalue weighted by Crippen LogP contribution is 2.24. The number of pyridine rings is 1. The molecule has 0 saturated carbocycles. The summed E-state index contributed by atoms with van der Waals surface area (Å²) >= 11 is 5.81. The van der Waals surface area contributed by atoms with Gasteiger partial charge < -0.3 is 5.73 Å². The second-order valence-electron chi connectivity index (χ2n) is 5.66. The lowest BCUT2D eigenvalue weighted by molar-refractivity contribution is -0.121. The fraction of sp³-hybridized carbons (Fsp3) is 0.357. The van der Waals surface area contributed by atoms with E-state index in [1.165, 1.54) is 17.2 Å². The Kier molecular flexibility index (Phi) is 4.67. The number of nitrogen functional groups attached to an aromatic ring is 1. The van der Waals surface area contributed by atoms with Crippen molar-refractivity contribution in [1.29, 1.82) is 0 Å². The summed E-state index contributed by atoms with van der Waals surface area (Å²) in [6.45, 7) is 0.497. The van der Waals surface area contributed by atoms with Gasteiger partial charge in [-0.15, -0.1) is 0 Å². The van der Waals surface area contributed by atoms with E-state index in [1.54, 1.807) is 24.0 Å². The van der Waals surface area contributed by atoms with Crippen LogP contribution in [0.4, 0.5) is 11.6 Å². The Morgan fingerprint density at radius 3 is 2.88 bits per heavy atom. The van der Waals surface area contributed by atoms with Crippen LogP contribution in [0.5, 0.6) is 0 Å². The molecule has 1 amide bonds. The summed E-state index contributed by atoms with van der Waals surface area (Å²) < 4.78 is 29.2. The van der Waals surface area contributed by atoms with Crippen molar-refractivity contribution in [1.82, 2.24) is 19.5 Å². The van der Waals surface area contributed by atoms with E-state index in [9.17, 15) is 13.2 Å². The third kappa shape index (κ3) is 3.46. The fourth-order valence-corrected chi connectivity index (χ4v) is 4.29. The standard InChI is InChI=1S/C14H17ClN6O3S/c1-20-12(4-5-18-20)21-6-2-3-10(14(21)22)19-25(23,24)11-7-9(15)8-17-13(11)16/h4-5,7-8,10,19H,2-3,6H2,1H3,(H2,16,17). The number of aromatic nitrogens is 3. The van der Waals surface area contributed by atoms with E-state index in [1.807, 2.05) is 0 Å². The Morgan fingerprint density at radius 2 is 2.20 bits per heavy atom. The molecule has 134 valence electrons. The number of nitrogens with one attached hydrogen (secondary N) is 1. The molecule has 3 N–H and O–H groups in total. The maximum absolute atomic E-state index is 12.7. The van der Waals surface area contributed by atoms with E-state index >= 15 is 0 Å². The largest absolute Gasteiger partial charge is 0.383 e. The van der Waals surface area contributed by atoms with Crippen molar-refractivity contribution >= 4 is 39.2 Å². The summed E-state index contributed by atoms with van der Waals surface area (Å²) in [7, 11) is -2.32. The number of aryl methyl sites for hydroxylation is 1. The van der Waals surface area contributed by atoms with Gasteiger partial charge in [-0.2, -0.15) is 9.82 Å². The summed E-state index contributed by atoms with van der Waals surface area (Å²) in [5, 5.41) is 4.18. The summed E-state index contributed by atoms with van der Waals surface area (Å²) in [5.74, 6) is 0.0912. The van der Waals surface area contributed by atoms with Crippen LogP contribution in [-0.4, -0.2) is 41.7 Å². The van der Waals surface area contributed by atoms with Crippen LogP contribution in [0.25, 0.3) is 0 Å². The van der Waals surface area contributed by atoms with Crippen LogP contribution in [0.3, 0.4) is 0 Å². The summed E-state index contributed by atoms with van der Waals surface area (Å²) in [6, 6.07) is 2.01. The molecule has 0 radical (unpaired) electrons. The molecule has 0 aromatic carbocycles. The van der Waals surface area contributed by atoms with E-state index in [0.29, 0.717) is 25.2 Å². The van der Waals surface area contributed by atoms with Crippen molar-refractivity contribution in [3.8, 4) is 0 Å². The van der Waals surface area contributed by atoms with Gasteiger partial charge in [0.2, 0.25) is 15.9 Å². The van der Waals surface area contributed by atoms with Crippen molar-refractivity contribution in [3.63, 3.8) is 0 Å². The Labute approximate surface area is 149 Å². The zero-order valence-corrected chi connectivity index (χ0v) is 15.0. The number of halogens is 1. The van der Waals surface area contributed by atoms with Gasteiger partial charge in [-0.25, -0.2) is 13.4 Å². The zero-order chi connectivity index (χ0) is 18.2. The van der Waals surface area contributed by atoms with E-state index < -0.39 is 16.1 Å². The predicted molar refractivity (Wildman–Crippen MR) is 92.6 cm³/mol. The fourth-order valence-electron chi connectivity index (χ4n) is 2.74. The Hall–Kier alpha value is -2.17. The Bertz CT molecular complexity index is 913. The number of carbonyl (C=O) groups is 1. The van der Waals surface area contributed by atoms with Gasteiger partial charge in [0.15, 0.2) is 0 Å². The van der Waals surface area contributed by atoms with Crippen LogP contribution in [0, 0.1) is 0 Å². The van der Waals surface area contributed by atoms with Gasteiger partial charge in [0.05, 0.1) is 11.2 Å². The van der Waals surface area contributed by atoms with Crippen molar-refractivity contribution in [2.24, 2.45) is 7.05 Å². The average Bonchev–Trinajstić information content (AvgIpc) is 2.97. The van der Waals surface area contributed by atoms with Gasteiger partial charge in [-0.3, -0.25) is 14.4 Å². The minimum Gasteiger partial charge on any atom is -0.383 e. The molecule has 1 fully saturated rings. The summed E-state index contributed by atoms with van der Waals surface area (Å²) in [6.07, 6.45) is 3.87. The van der Waals surface area contributed by atoms with Crippen LogP contribution >= 0.6 is 11.6 Å². The maximum atomic E-state index is 12.7. The molecular weight excluding hydrogens is 368 g/mol. The number of carbonyl (C=O) groups excluding carboxylic acids is 1. The number of hydrogen-bond acceptors (Lipinski definition) is 6. The van der Waals surface area contributed by atoms with Gasteiger partial charge >= 0.3 is 0 Å². The molecule has 2 aromatic heterocycles. The molecule has 3 heterocycles. The number of rotatable bonds is 4. The number of anilines is 2. The van der Waals surface area contributed by atoms with Crippen LogP contribution < -0.4 is 15.4 Å². The molecule has 9 nitrogen and oxygen atoms in total. The monoisotopic (exact) mass is 384 g/mol. The van der Waals surface area contributed by atoms with Crippen LogP contribution in [0.2, 0.25) is 5.02 Å². The molecule has 11 heteroatoms. The molecule has 0 aliphatic carbocycles. The van der Waals surface area contributed by atoms with E-state index in [2.05, 4.69) is 14.8 Å². The number of amides is 1. The normalized spacial score (nSPS) is 18.6. The van der Waals surface area contributed by atoms with Crippen molar-refractivity contribution in [2.75, 3.05) is 17.2 Å².